The summed E-state index contributed by atoms with van der Waals surface area (Å²) in [6.45, 7) is 4.75. The molecule has 0 aliphatic heterocycles. The first-order valence-electron chi connectivity index (χ1n) is 15.4. The molecule has 0 saturated carbocycles. The summed E-state index contributed by atoms with van der Waals surface area (Å²) in [5.74, 6) is 0.685. The van der Waals surface area contributed by atoms with Crippen LogP contribution in [0.5, 0.6) is 0 Å². The predicted octanol–water partition coefficient (Wildman–Crippen LogP) is 11.3. The zero-order valence-corrected chi connectivity index (χ0v) is 26.4. The molecule has 4 heteroatoms. The maximum atomic E-state index is 5.05. The summed E-state index contributed by atoms with van der Waals surface area (Å²) in [5, 5.41) is 11.3. The number of fused-ring (bicyclic) bond motifs is 13. The van der Waals surface area contributed by atoms with Gasteiger partial charge in [-0.15, -0.1) is 0 Å². The van der Waals surface area contributed by atoms with E-state index in [0.717, 1.165) is 26.4 Å². The van der Waals surface area contributed by atoms with Crippen LogP contribution in [-0.4, -0.2) is 14.5 Å². The number of nitrogens with zero attached hydrogens (tertiary/aromatic N) is 3. The molecule has 212 valence electrons. The number of hydrogen-bond donors (Lipinski definition) is 0. The molecule has 0 fully saturated rings. The third-order valence-electron chi connectivity index (χ3n) is 10.1. The van der Waals surface area contributed by atoms with Gasteiger partial charge in [0.2, 0.25) is 5.95 Å². The Kier molecular flexibility index (Phi) is 4.93. The second-order valence-electron chi connectivity index (χ2n) is 12.8. The van der Waals surface area contributed by atoms with Crippen LogP contribution in [0, 0.1) is 0 Å². The first kappa shape index (κ1) is 25.3. The van der Waals surface area contributed by atoms with Gasteiger partial charge < -0.3 is 0 Å². The number of rotatable bonds is 1. The van der Waals surface area contributed by atoms with Crippen LogP contribution in [0.3, 0.4) is 0 Å². The lowest BCUT2D eigenvalue weighted by Gasteiger charge is -2.22. The SMILES string of the molecule is CC1(C)c2cc3c4ccccc4c4ccccc4c3cc2-c2cc3c(cc21)c1cc(Br)ccc1n3-c1ncc2ccccc2n1. The van der Waals surface area contributed by atoms with Crippen molar-refractivity contribution in [3.63, 3.8) is 0 Å². The molecular weight excluding hydrogens is 614 g/mol. The second kappa shape index (κ2) is 8.77. The lowest BCUT2D eigenvalue weighted by atomic mass is 9.81. The Hall–Kier alpha value is -5.06. The molecule has 45 heavy (non-hydrogen) atoms. The van der Waals surface area contributed by atoms with Crippen molar-refractivity contribution in [3.05, 3.63) is 137 Å². The molecule has 0 N–H and O–H groups in total. The Morgan fingerprint density at radius 3 is 1.87 bits per heavy atom. The van der Waals surface area contributed by atoms with E-state index in [1.165, 1.54) is 65.3 Å². The summed E-state index contributed by atoms with van der Waals surface area (Å²) in [5.41, 5.74) is 8.30. The van der Waals surface area contributed by atoms with E-state index in [0.29, 0.717) is 5.95 Å². The van der Waals surface area contributed by atoms with Crippen LogP contribution >= 0.6 is 15.9 Å². The van der Waals surface area contributed by atoms with Crippen LogP contribution in [0.15, 0.2) is 126 Å². The van der Waals surface area contributed by atoms with E-state index < -0.39 is 0 Å². The highest BCUT2D eigenvalue weighted by Gasteiger charge is 2.37. The molecular formula is C41H26BrN3. The van der Waals surface area contributed by atoms with Gasteiger partial charge in [-0.3, -0.25) is 4.57 Å². The van der Waals surface area contributed by atoms with Crippen molar-refractivity contribution in [3.8, 4) is 17.1 Å². The quantitative estimate of drug-likeness (QED) is 0.167. The third kappa shape index (κ3) is 3.35. The molecule has 0 unspecified atom stereocenters. The molecule has 2 heterocycles. The number of halogens is 1. The van der Waals surface area contributed by atoms with Gasteiger partial charge in [-0.1, -0.05) is 96.5 Å². The van der Waals surface area contributed by atoms with Crippen molar-refractivity contribution >= 4 is 81.0 Å². The zero-order valence-electron chi connectivity index (χ0n) is 24.8. The van der Waals surface area contributed by atoms with E-state index >= 15 is 0 Å². The molecule has 0 bridgehead atoms. The van der Waals surface area contributed by atoms with E-state index in [2.05, 4.69) is 137 Å². The van der Waals surface area contributed by atoms with E-state index in [1.807, 2.05) is 18.3 Å². The van der Waals surface area contributed by atoms with Crippen molar-refractivity contribution in [1.29, 1.82) is 0 Å². The van der Waals surface area contributed by atoms with Gasteiger partial charge in [0.25, 0.3) is 0 Å². The van der Waals surface area contributed by atoms with Crippen LogP contribution in [0.25, 0.3) is 82.1 Å². The van der Waals surface area contributed by atoms with Gasteiger partial charge in [-0.25, -0.2) is 9.97 Å². The molecule has 0 atom stereocenters. The molecule has 1 aliphatic rings. The maximum absolute atomic E-state index is 5.05. The first-order valence-corrected chi connectivity index (χ1v) is 16.1. The summed E-state index contributed by atoms with van der Waals surface area (Å²) in [6, 6.07) is 42.1. The van der Waals surface area contributed by atoms with Crippen LogP contribution in [0.1, 0.15) is 25.0 Å². The Morgan fingerprint density at radius 2 is 1.13 bits per heavy atom. The zero-order chi connectivity index (χ0) is 30.0. The minimum absolute atomic E-state index is 0.167. The van der Waals surface area contributed by atoms with Crippen LogP contribution in [0.4, 0.5) is 0 Å². The Bertz CT molecular complexity index is 2750. The Balaban J connectivity index is 1.33. The van der Waals surface area contributed by atoms with Crippen LogP contribution in [-0.2, 0) is 5.41 Å². The van der Waals surface area contributed by atoms with Crippen LogP contribution < -0.4 is 0 Å². The maximum Gasteiger partial charge on any atom is 0.235 e. The Labute approximate surface area is 267 Å². The number of para-hydroxylation sites is 1. The van der Waals surface area contributed by atoms with Gasteiger partial charge in [-0.2, -0.15) is 0 Å². The van der Waals surface area contributed by atoms with Crippen LogP contribution in [0.2, 0.25) is 0 Å². The van der Waals surface area contributed by atoms with Crippen molar-refractivity contribution in [1.82, 2.24) is 14.5 Å². The molecule has 7 aromatic carbocycles. The molecule has 0 saturated heterocycles. The minimum Gasteiger partial charge on any atom is -0.278 e. The third-order valence-corrected chi connectivity index (χ3v) is 10.6. The molecule has 9 aromatic rings. The van der Waals surface area contributed by atoms with E-state index in [1.54, 1.807) is 0 Å². The highest BCUT2D eigenvalue weighted by molar-refractivity contribution is 9.10. The van der Waals surface area contributed by atoms with Gasteiger partial charge in [0.1, 0.15) is 0 Å². The minimum atomic E-state index is -0.167. The molecule has 1 aliphatic carbocycles. The monoisotopic (exact) mass is 639 g/mol. The fourth-order valence-corrected chi connectivity index (χ4v) is 8.26. The average molecular weight is 641 g/mol. The van der Waals surface area contributed by atoms with Gasteiger partial charge >= 0.3 is 0 Å². The molecule has 3 nitrogen and oxygen atoms in total. The largest absolute Gasteiger partial charge is 0.278 e. The van der Waals surface area contributed by atoms with Crippen molar-refractivity contribution in [2.45, 2.75) is 19.3 Å². The summed E-state index contributed by atoms with van der Waals surface area (Å²) >= 11 is 3.75. The van der Waals surface area contributed by atoms with Crippen molar-refractivity contribution < 1.29 is 0 Å². The predicted molar refractivity (Wildman–Crippen MR) is 192 cm³/mol. The lowest BCUT2D eigenvalue weighted by Crippen LogP contribution is -2.15. The van der Waals surface area contributed by atoms with Crippen molar-refractivity contribution in [2.24, 2.45) is 0 Å². The molecule has 0 spiro atoms. The lowest BCUT2D eigenvalue weighted by molar-refractivity contribution is 0.662. The van der Waals surface area contributed by atoms with E-state index in [9.17, 15) is 0 Å². The standard InChI is InChI=1S/C41H26BrN3/c1-41(2)35-19-30-28-13-7-5-11-26(28)25-10-4-6-12-27(25)29(30)18-31(35)32-21-39-34(20-36(32)41)33-17-24(42)15-16-38(33)45(39)40-43-22-23-9-3-8-14-37(23)44-40/h3-22H,1-2H3. The average Bonchev–Trinajstić information content (AvgIpc) is 3.50. The van der Waals surface area contributed by atoms with Gasteiger partial charge in [-0.05, 0) is 103 Å². The Morgan fingerprint density at radius 1 is 0.556 bits per heavy atom. The van der Waals surface area contributed by atoms with E-state index in [4.69, 9.17) is 9.97 Å². The topological polar surface area (TPSA) is 30.7 Å². The fourth-order valence-electron chi connectivity index (χ4n) is 7.90. The van der Waals surface area contributed by atoms with Gasteiger partial charge in [0, 0.05) is 32.2 Å². The molecule has 0 radical (unpaired) electrons. The number of hydrogen-bond acceptors (Lipinski definition) is 2. The summed E-state index contributed by atoms with van der Waals surface area (Å²) < 4.78 is 3.29. The highest BCUT2D eigenvalue weighted by atomic mass is 79.9. The number of benzene rings is 7. The smallest absolute Gasteiger partial charge is 0.235 e. The number of aromatic nitrogens is 3. The first-order chi connectivity index (χ1) is 22.0. The summed E-state index contributed by atoms with van der Waals surface area (Å²) in [4.78, 5) is 9.93. The highest BCUT2D eigenvalue weighted by Crippen LogP contribution is 2.53. The summed E-state index contributed by atoms with van der Waals surface area (Å²) in [6.07, 6.45) is 1.93. The second-order valence-corrected chi connectivity index (χ2v) is 13.7. The van der Waals surface area contributed by atoms with Gasteiger partial charge in [0.05, 0.1) is 16.6 Å². The van der Waals surface area contributed by atoms with Crippen molar-refractivity contribution in [2.75, 3.05) is 0 Å². The van der Waals surface area contributed by atoms with E-state index in [-0.39, 0.29) is 5.41 Å². The fraction of sp³-hybridized carbons (Fsp3) is 0.0732. The molecule has 10 rings (SSSR count). The summed E-state index contributed by atoms with van der Waals surface area (Å²) in [7, 11) is 0. The van der Waals surface area contributed by atoms with Gasteiger partial charge in [0.15, 0.2) is 0 Å². The molecule has 0 amide bonds. The normalized spacial score (nSPS) is 13.8. The molecule has 2 aromatic heterocycles.